The molecular formula is C25H27N3O6S. The van der Waals surface area contributed by atoms with Gasteiger partial charge in [-0.2, -0.15) is 9.41 Å². The molecule has 0 saturated heterocycles. The lowest BCUT2D eigenvalue weighted by atomic mass is 10.1. The monoisotopic (exact) mass is 497 g/mol. The fraction of sp³-hybridized carbons (Fsp3) is 0.200. The molecule has 0 heterocycles. The first-order valence-electron chi connectivity index (χ1n) is 10.7. The van der Waals surface area contributed by atoms with Crippen molar-refractivity contribution < 1.29 is 27.8 Å². The van der Waals surface area contributed by atoms with Crippen LogP contribution in [0.1, 0.15) is 11.1 Å². The summed E-state index contributed by atoms with van der Waals surface area (Å²) in [6.45, 7) is -0.370. The number of hydrogen-bond acceptors (Lipinski definition) is 7. The highest BCUT2D eigenvalue weighted by atomic mass is 32.2. The number of methoxy groups -OCH3 is 2. The van der Waals surface area contributed by atoms with Crippen molar-refractivity contribution in [3.63, 3.8) is 0 Å². The topological polar surface area (TPSA) is 118 Å². The molecule has 35 heavy (non-hydrogen) atoms. The second-order valence-electron chi connectivity index (χ2n) is 7.48. The molecule has 0 aliphatic rings. The van der Waals surface area contributed by atoms with Crippen molar-refractivity contribution in [2.75, 3.05) is 27.3 Å². The van der Waals surface area contributed by atoms with E-state index in [1.165, 1.54) is 50.8 Å². The molecule has 1 amide bonds. The standard InChI is InChI=1S/C25H27N3O6S/c1-33-23-12-11-22(16-24(23)34-2)35(31,32)28(14-13-19-7-4-3-5-8-19)18-25(30)27-26-17-20-9-6-10-21(29)15-20/h3-12,15-17,29H,13-14,18H2,1-2H3,(H,27,30)/b26-17-. The lowest BCUT2D eigenvalue weighted by molar-refractivity contribution is -0.121. The number of phenolic OH excluding ortho intramolecular Hbond substituents is 1. The van der Waals surface area contributed by atoms with E-state index in [2.05, 4.69) is 10.5 Å². The molecule has 0 fully saturated rings. The van der Waals surface area contributed by atoms with Crippen LogP contribution in [-0.4, -0.2) is 57.3 Å². The first-order chi connectivity index (χ1) is 16.8. The second kappa shape index (κ2) is 12.0. The maximum absolute atomic E-state index is 13.5. The third-order valence-electron chi connectivity index (χ3n) is 5.08. The Morgan fingerprint density at radius 3 is 2.43 bits per heavy atom. The van der Waals surface area contributed by atoms with E-state index in [1.54, 1.807) is 12.1 Å². The molecule has 3 aromatic carbocycles. The minimum absolute atomic E-state index is 0.0285. The van der Waals surface area contributed by atoms with Gasteiger partial charge in [0.05, 0.1) is 31.9 Å². The molecule has 0 bridgehead atoms. The molecule has 2 N–H and O–H groups in total. The maximum atomic E-state index is 13.5. The van der Waals surface area contributed by atoms with Crippen molar-refractivity contribution in [2.45, 2.75) is 11.3 Å². The summed E-state index contributed by atoms with van der Waals surface area (Å²) in [7, 11) is -1.18. The van der Waals surface area contributed by atoms with Gasteiger partial charge < -0.3 is 14.6 Å². The van der Waals surface area contributed by atoms with Gasteiger partial charge in [-0.05, 0) is 41.8 Å². The van der Waals surface area contributed by atoms with Crippen molar-refractivity contribution in [3.05, 3.63) is 83.9 Å². The van der Waals surface area contributed by atoms with E-state index >= 15 is 0 Å². The summed E-state index contributed by atoms with van der Waals surface area (Å²) in [4.78, 5) is 12.6. The van der Waals surface area contributed by atoms with E-state index in [9.17, 15) is 18.3 Å². The summed E-state index contributed by atoms with van der Waals surface area (Å²) in [5, 5.41) is 13.4. The van der Waals surface area contributed by atoms with E-state index < -0.39 is 22.5 Å². The molecule has 3 aromatic rings. The zero-order valence-corrected chi connectivity index (χ0v) is 20.2. The van der Waals surface area contributed by atoms with Crippen LogP contribution in [0.15, 0.2) is 82.8 Å². The smallest absolute Gasteiger partial charge is 0.255 e. The predicted molar refractivity (Wildman–Crippen MR) is 132 cm³/mol. The quantitative estimate of drug-likeness (QED) is 0.311. The molecule has 10 heteroatoms. The third kappa shape index (κ3) is 7.05. The number of aromatic hydroxyl groups is 1. The maximum Gasteiger partial charge on any atom is 0.255 e. The summed E-state index contributed by atoms with van der Waals surface area (Å²) >= 11 is 0. The van der Waals surface area contributed by atoms with Gasteiger partial charge in [-0.1, -0.05) is 42.5 Å². The average Bonchev–Trinajstić information content (AvgIpc) is 2.86. The Morgan fingerprint density at radius 2 is 1.74 bits per heavy atom. The fourth-order valence-corrected chi connectivity index (χ4v) is 4.70. The van der Waals surface area contributed by atoms with E-state index in [0.717, 1.165) is 9.87 Å². The van der Waals surface area contributed by atoms with Gasteiger partial charge in [-0.25, -0.2) is 13.8 Å². The van der Waals surface area contributed by atoms with Crippen molar-refractivity contribution >= 4 is 22.1 Å². The first-order valence-corrected chi connectivity index (χ1v) is 12.1. The Bertz CT molecular complexity index is 1280. The van der Waals surface area contributed by atoms with E-state index in [4.69, 9.17) is 9.47 Å². The third-order valence-corrected chi connectivity index (χ3v) is 6.92. The molecule has 3 rings (SSSR count). The van der Waals surface area contributed by atoms with Crippen LogP contribution < -0.4 is 14.9 Å². The number of sulfonamides is 1. The van der Waals surface area contributed by atoms with Gasteiger partial charge in [-0.15, -0.1) is 0 Å². The van der Waals surface area contributed by atoms with Crippen molar-refractivity contribution in [1.29, 1.82) is 0 Å². The summed E-state index contributed by atoms with van der Waals surface area (Å²) in [6.07, 6.45) is 1.77. The van der Waals surface area contributed by atoms with Gasteiger partial charge in [0.15, 0.2) is 11.5 Å². The summed E-state index contributed by atoms with van der Waals surface area (Å²) in [5.74, 6) is 0.102. The van der Waals surface area contributed by atoms with Crippen molar-refractivity contribution in [2.24, 2.45) is 5.10 Å². The Labute approximate surface area is 204 Å². The van der Waals surface area contributed by atoms with Gasteiger partial charge in [0.25, 0.3) is 5.91 Å². The molecule has 0 spiro atoms. The SMILES string of the molecule is COc1ccc(S(=O)(=O)N(CCc2ccccc2)CC(=O)N/N=C\c2cccc(O)c2)cc1OC. The number of amides is 1. The van der Waals surface area contributed by atoms with Gasteiger partial charge in [-0.3, -0.25) is 4.79 Å². The molecule has 0 radical (unpaired) electrons. The Kier molecular flexibility index (Phi) is 8.82. The summed E-state index contributed by atoms with van der Waals surface area (Å²) in [5.41, 5.74) is 3.85. The Balaban J connectivity index is 1.80. The van der Waals surface area contributed by atoms with Crippen molar-refractivity contribution in [1.82, 2.24) is 9.73 Å². The van der Waals surface area contributed by atoms with Gasteiger partial charge >= 0.3 is 0 Å². The number of hydrogen-bond donors (Lipinski definition) is 2. The Morgan fingerprint density at radius 1 is 1.00 bits per heavy atom. The number of rotatable bonds is 11. The highest BCUT2D eigenvalue weighted by Gasteiger charge is 2.27. The highest BCUT2D eigenvalue weighted by molar-refractivity contribution is 7.89. The minimum Gasteiger partial charge on any atom is -0.508 e. The zero-order chi connectivity index (χ0) is 25.3. The van der Waals surface area contributed by atoms with Crippen LogP contribution in [-0.2, 0) is 21.2 Å². The summed E-state index contributed by atoms with van der Waals surface area (Å²) < 4.78 is 38.5. The van der Waals surface area contributed by atoms with Crippen molar-refractivity contribution in [3.8, 4) is 17.2 Å². The number of hydrazone groups is 1. The molecule has 0 saturated carbocycles. The molecule has 0 aromatic heterocycles. The molecule has 0 atom stereocenters. The van der Waals surface area contributed by atoms with E-state index in [0.29, 0.717) is 17.7 Å². The van der Waals surface area contributed by atoms with Crippen LogP contribution in [0.4, 0.5) is 0 Å². The van der Waals surface area contributed by atoms with Crippen LogP contribution in [0.25, 0.3) is 0 Å². The molecule has 9 nitrogen and oxygen atoms in total. The number of nitrogens with zero attached hydrogens (tertiary/aromatic N) is 2. The van der Waals surface area contributed by atoms with Gasteiger partial charge in [0, 0.05) is 12.6 Å². The summed E-state index contributed by atoms with van der Waals surface area (Å²) in [6, 6.07) is 20.0. The fourth-order valence-electron chi connectivity index (χ4n) is 3.29. The Hall–Kier alpha value is -3.89. The number of benzene rings is 3. The minimum atomic E-state index is -4.05. The van der Waals surface area contributed by atoms with Crippen LogP contribution in [0.5, 0.6) is 17.2 Å². The number of ether oxygens (including phenoxy) is 2. The van der Waals surface area contributed by atoms with E-state index in [-0.39, 0.29) is 22.9 Å². The first kappa shape index (κ1) is 25.7. The predicted octanol–water partition coefficient (Wildman–Crippen LogP) is 2.79. The van der Waals surface area contributed by atoms with E-state index in [1.807, 2.05) is 30.3 Å². The lowest BCUT2D eigenvalue weighted by Crippen LogP contribution is -2.40. The second-order valence-corrected chi connectivity index (χ2v) is 9.42. The number of phenols is 1. The van der Waals surface area contributed by atoms with Gasteiger partial charge in [0.2, 0.25) is 10.0 Å². The molecular weight excluding hydrogens is 470 g/mol. The molecule has 0 unspecified atom stereocenters. The van der Waals surface area contributed by atoms with Crippen LogP contribution in [0.3, 0.4) is 0 Å². The lowest BCUT2D eigenvalue weighted by Gasteiger charge is -2.22. The number of nitrogens with one attached hydrogen (secondary N) is 1. The highest BCUT2D eigenvalue weighted by Crippen LogP contribution is 2.30. The zero-order valence-electron chi connectivity index (χ0n) is 19.4. The largest absolute Gasteiger partial charge is 0.508 e. The molecule has 0 aliphatic heterocycles. The van der Waals surface area contributed by atoms with Gasteiger partial charge in [0.1, 0.15) is 5.75 Å². The number of carbonyl (C=O) groups is 1. The van der Waals surface area contributed by atoms with Crippen LogP contribution in [0.2, 0.25) is 0 Å². The van der Waals surface area contributed by atoms with Crippen LogP contribution >= 0.6 is 0 Å². The molecule has 184 valence electrons. The number of carbonyl (C=O) groups excluding carboxylic acids is 1. The molecule has 0 aliphatic carbocycles. The normalized spacial score (nSPS) is 11.5. The average molecular weight is 498 g/mol. The van der Waals surface area contributed by atoms with Crippen LogP contribution in [0, 0.1) is 0 Å².